The highest BCUT2D eigenvalue weighted by Crippen LogP contribution is 2.37. The van der Waals surface area contributed by atoms with E-state index in [9.17, 15) is 0 Å². The van der Waals surface area contributed by atoms with E-state index in [4.69, 9.17) is 2.74 Å². The lowest BCUT2D eigenvalue weighted by Gasteiger charge is -2.20. The van der Waals surface area contributed by atoms with Gasteiger partial charge in [0, 0.05) is 8.66 Å². The van der Waals surface area contributed by atoms with E-state index in [0.29, 0.717) is 5.92 Å². The highest BCUT2D eigenvalue weighted by Gasteiger charge is 2.20. The van der Waals surface area contributed by atoms with Gasteiger partial charge >= 0.3 is 0 Å². The fourth-order valence-electron chi connectivity index (χ4n) is 2.97. The predicted octanol–water partition coefficient (Wildman–Crippen LogP) is 4.30. The largest absolute Gasteiger partial charge is 0.320 e. The summed E-state index contributed by atoms with van der Waals surface area (Å²) >= 11 is 0. The van der Waals surface area contributed by atoms with Gasteiger partial charge in [-0.3, -0.25) is 0 Å². The van der Waals surface area contributed by atoms with Crippen LogP contribution in [-0.4, -0.2) is 13.5 Å². The lowest BCUT2D eigenvalue weighted by Crippen LogP contribution is -2.11. The Morgan fingerprint density at radius 2 is 1.60 bits per heavy atom. The van der Waals surface area contributed by atoms with E-state index in [1.807, 2.05) is 0 Å². The molecule has 1 aliphatic carbocycles. The van der Waals surface area contributed by atoms with Crippen LogP contribution in [0.15, 0.2) is 48.5 Å². The second-order valence-corrected chi connectivity index (χ2v) is 5.13. The molecule has 2 aromatic carbocycles. The molecule has 0 saturated carbocycles. The Hall–Kier alpha value is -1.86. The Kier molecular flexibility index (Phi) is 3.30. The average Bonchev–Trinajstić information content (AvgIpc) is 2.70. The van der Waals surface area contributed by atoms with Crippen LogP contribution in [0.4, 0.5) is 0 Å². The van der Waals surface area contributed by atoms with Gasteiger partial charge in [0.1, 0.15) is 0 Å². The molecule has 1 heteroatoms. The van der Waals surface area contributed by atoms with Gasteiger partial charge in [-0.15, -0.1) is 0 Å². The van der Waals surface area contributed by atoms with Gasteiger partial charge in [-0.1, -0.05) is 60.7 Å². The van der Waals surface area contributed by atoms with Crippen molar-refractivity contribution in [2.24, 2.45) is 0 Å². The Morgan fingerprint density at radius 1 is 1.00 bits per heavy atom. The van der Waals surface area contributed by atoms with Crippen LogP contribution in [-0.2, 0) is 0 Å². The average molecular weight is 265 g/mol. The molecule has 1 nitrogen and oxygen atoms in total. The van der Waals surface area contributed by atoms with Crippen molar-refractivity contribution in [3.8, 4) is 0 Å². The van der Waals surface area contributed by atoms with Gasteiger partial charge in [0.25, 0.3) is 0 Å². The molecule has 0 aliphatic heterocycles. The first kappa shape index (κ1) is 10.9. The third kappa shape index (κ3) is 2.54. The SMILES string of the molecule is [2H]CNC([2H])CCC1c2ccccc2C=Cc2ccccc21. The number of hydrogen-bond acceptors (Lipinski definition) is 1. The molecule has 3 rings (SSSR count). The van der Waals surface area contributed by atoms with Crippen molar-refractivity contribution < 1.29 is 2.74 Å². The van der Waals surface area contributed by atoms with Crippen molar-refractivity contribution in [3.05, 3.63) is 70.8 Å². The molecule has 1 N–H and O–H groups in total. The van der Waals surface area contributed by atoms with Gasteiger partial charge in [0.15, 0.2) is 0 Å². The normalized spacial score (nSPS) is 16.6. The summed E-state index contributed by atoms with van der Waals surface area (Å²) < 4.78 is 15.2. The summed E-state index contributed by atoms with van der Waals surface area (Å²) in [7, 11) is 0.105. The van der Waals surface area contributed by atoms with Crippen LogP contribution in [0.2, 0.25) is 0 Å². The maximum absolute atomic E-state index is 7.97. The Bertz CT molecular complexity index is 616. The molecular formula is C19H21N. The Labute approximate surface area is 124 Å². The molecule has 0 radical (unpaired) electrons. The number of benzene rings is 2. The van der Waals surface area contributed by atoms with Crippen LogP contribution >= 0.6 is 0 Å². The maximum atomic E-state index is 7.97. The van der Waals surface area contributed by atoms with Gasteiger partial charge in [-0.05, 0) is 48.6 Å². The summed E-state index contributed by atoms with van der Waals surface area (Å²) in [5.74, 6) is 0.308. The maximum Gasteiger partial charge on any atom is 0.0428 e. The number of rotatable bonds is 4. The molecule has 0 bridgehead atoms. The van der Waals surface area contributed by atoms with Crippen LogP contribution in [0.5, 0.6) is 0 Å². The molecule has 0 saturated heterocycles. The lowest BCUT2D eigenvalue weighted by atomic mass is 9.84. The fraction of sp³-hybridized carbons (Fsp3) is 0.263. The molecule has 0 aromatic heterocycles. The smallest absolute Gasteiger partial charge is 0.0428 e. The third-order valence-electron chi connectivity index (χ3n) is 3.93. The molecule has 0 spiro atoms. The summed E-state index contributed by atoms with van der Waals surface area (Å²) in [5, 5.41) is 2.87. The molecule has 0 fully saturated rings. The highest BCUT2D eigenvalue weighted by atomic mass is 14.8. The van der Waals surface area contributed by atoms with Crippen LogP contribution in [0.1, 0.15) is 43.8 Å². The zero-order valence-corrected chi connectivity index (χ0v) is 11.5. The molecule has 2 aromatic rings. The standard InChI is InChI=1S/C19H21N/c1-20-14-6-11-19-17-9-4-2-7-15(17)12-13-16-8-3-5-10-18(16)19/h2-5,7-10,12-13,19-20H,6,11,14H2,1H3/i1D,14D. The van der Waals surface area contributed by atoms with E-state index in [1.165, 1.54) is 22.3 Å². The van der Waals surface area contributed by atoms with E-state index >= 15 is 0 Å². The molecule has 1 aliphatic rings. The predicted molar refractivity (Wildman–Crippen MR) is 86.8 cm³/mol. The zero-order chi connectivity index (χ0) is 15.4. The van der Waals surface area contributed by atoms with E-state index in [-0.39, 0.29) is 13.5 Å². The summed E-state index contributed by atoms with van der Waals surface area (Å²) in [4.78, 5) is 0. The lowest BCUT2D eigenvalue weighted by molar-refractivity contribution is 0.628. The first-order valence-electron chi connectivity index (χ1n) is 8.39. The van der Waals surface area contributed by atoms with Crippen molar-refractivity contribution in [3.63, 3.8) is 0 Å². The molecule has 0 heterocycles. The van der Waals surface area contributed by atoms with Gasteiger partial charge < -0.3 is 5.32 Å². The molecule has 20 heavy (non-hydrogen) atoms. The van der Waals surface area contributed by atoms with Crippen LogP contribution in [0, 0.1) is 0 Å². The topological polar surface area (TPSA) is 12.0 Å². The quantitative estimate of drug-likeness (QED) is 0.869. The van der Waals surface area contributed by atoms with Crippen molar-refractivity contribution in [1.82, 2.24) is 5.32 Å². The number of nitrogens with one attached hydrogen (secondary N) is 1. The van der Waals surface area contributed by atoms with Crippen molar-refractivity contribution in [2.45, 2.75) is 18.8 Å². The van der Waals surface area contributed by atoms with Gasteiger partial charge in [-0.2, -0.15) is 0 Å². The molecular weight excluding hydrogens is 242 g/mol. The monoisotopic (exact) mass is 265 g/mol. The van der Waals surface area contributed by atoms with E-state index in [2.05, 4.69) is 66.0 Å². The molecule has 1 unspecified atom stereocenters. The zero-order valence-electron chi connectivity index (χ0n) is 13.5. The van der Waals surface area contributed by atoms with E-state index in [1.54, 1.807) is 0 Å². The van der Waals surface area contributed by atoms with Gasteiger partial charge in [-0.25, -0.2) is 0 Å². The summed E-state index contributed by atoms with van der Waals surface area (Å²) in [6.45, 7) is -0.368. The van der Waals surface area contributed by atoms with Crippen molar-refractivity contribution in [1.29, 1.82) is 0 Å². The van der Waals surface area contributed by atoms with Crippen LogP contribution in [0.25, 0.3) is 12.2 Å². The third-order valence-corrected chi connectivity index (χ3v) is 3.93. The van der Waals surface area contributed by atoms with Crippen LogP contribution in [0.3, 0.4) is 0 Å². The molecule has 102 valence electrons. The first-order valence-corrected chi connectivity index (χ1v) is 7.10. The van der Waals surface area contributed by atoms with Gasteiger partial charge in [0.2, 0.25) is 0 Å². The molecule has 0 amide bonds. The van der Waals surface area contributed by atoms with Crippen molar-refractivity contribution >= 4 is 12.2 Å². The Balaban J connectivity index is 1.94. The number of hydrogen-bond donors (Lipinski definition) is 1. The summed E-state index contributed by atoms with van der Waals surface area (Å²) in [6, 6.07) is 17.0. The van der Waals surface area contributed by atoms with Gasteiger partial charge in [0.05, 0.1) is 0 Å². The second-order valence-electron chi connectivity index (χ2n) is 5.13. The fourth-order valence-corrected chi connectivity index (χ4v) is 2.97. The van der Waals surface area contributed by atoms with Crippen LogP contribution < -0.4 is 5.32 Å². The minimum absolute atomic E-state index is 0.105. The summed E-state index contributed by atoms with van der Waals surface area (Å²) in [6.07, 6.45) is 6.03. The first-order chi connectivity index (χ1) is 10.8. The minimum Gasteiger partial charge on any atom is -0.320 e. The van der Waals surface area contributed by atoms with E-state index < -0.39 is 0 Å². The highest BCUT2D eigenvalue weighted by molar-refractivity contribution is 5.76. The van der Waals surface area contributed by atoms with E-state index in [0.717, 1.165) is 12.8 Å². The minimum atomic E-state index is -0.368. The Morgan fingerprint density at radius 3 is 2.20 bits per heavy atom. The second kappa shape index (κ2) is 6.06. The summed E-state index contributed by atoms with van der Waals surface area (Å²) in [5.41, 5.74) is 5.20. The molecule has 1 atom stereocenters. The van der Waals surface area contributed by atoms with Crippen molar-refractivity contribution in [2.75, 3.05) is 13.5 Å². The number of fused-ring (bicyclic) bond motifs is 2.